The number of hydrogen-bond acceptors (Lipinski definition) is 4. The van der Waals surface area contributed by atoms with E-state index in [1.165, 1.54) is 12.7 Å². The molecule has 8 heteroatoms. The molecular formula is C29H53NaO5Y2-2. The van der Waals surface area contributed by atoms with Gasteiger partial charge in [0.2, 0.25) is 0 Å². The molecule has 0 amide bonds. The number of carboxylic acid groups (broad SMARTS) is 1. The molecule has 0 bridgehead atoms. The van der Waals surface area contributed by atoms with Crippen molar-refractivity contribution in [3.8, 4) is 0 Å². The van der Waals surface area contributed by atoms with Crippen LogP contribution in [0, 0.1) is 14.9 Å². The normalized spacial score (nSPS) is 7.54. The molecule has 2 N–H and O–H groups in total. The number of hydrogen-bond donors (Lipinski definition) is 1. The number of aryl methyl sites for hydroxylation is 2. The first-order valence-corrected chi connectivity index (χ1v) is 11.4. The fraction of sp³-hybridized carbons (Fsp3) is 0.448. The number of carbonyl (C=O) groups is 2. The average molecular weight is 685 g/mol. The maximum atomic E-state index is 11.1. The molecule has 0 aliphatic carbocycles. The predicted octanol–water partition coefficient (Wildman–Crippen LogP) is 4.89. The van der Waals surface area contributed by atoms with Gasteiger partial charge < -0.3 is 30.2 Å². The molecule has 208 valence electrons. The molecule has 0 spiro atoms. The molecule has 0 aromatic heterocycles. The van der Waals surface area contributed by atoms with Crippen LogP contribution in [0.5, 0.6) is 0 Å². The van der Waals surface area contributed by atoms with Crippen molar-refractivity contribution >= 4 is 11.9 Å². The first-order chi connectivity index (χ1) is 15.0. The van der Waals surface area contributed by atoms with Crippen LogP contribution in [0.4, 0.5) is 0 Å². The van der Waals surface area contributed by atoms with E-state index in [1.807, 2.05) is 70.2 Å². The molecule has 2 radical (unpaired) electrons. The molecule has 0 heterocycles. The van der Waals surface area contributed by atoms with E-state index in [4.69, 9.17) is 5.11 Å². The minimum atomic E-state index is -0.761. The summed E-state index contributed by atoms with van der Waals surface area (Å²) in [7, 11) is 1.42. The second kappa shape index (κ2) is 41.0. The van der Waals surface area contributed by atoms with Gasteiger partial charge in [-0.15, -0.1) is 0 Å². The number of benzene rings is 2. The SMILES string of the molecule is CC.CC.CCCc1ccccc1CC(=O)O.CCCc1ccccc1CC(=O)OC.[2HH].[2HH].[CH3-].[CH3-].[Na+].[OH-].[Y].[Y]. The molecule has 0 aliphatic heterocycles. The minimum Gasteiger partial charge on any atom is -0.870 e. The molecule has 2 aromatic carbocycles. The van der Waals surface area contributed by atoms with Crippen molar-refractivity contribution in [3.05, 3.63) is 85.6 Å². The Labute approximate surface area is 304 Å². The van der Waals surface area contributed by atoms with Crippen molar-refractivity contribution in [1.29, 1.82) is 0 Å². The number of ether oxygens (including phenoxy) is 1. The van der Waals surface area contributed by atoms with Crippen LogP contribution in [0.1, 0.15) is 79.5 Å². The van der Waals surface area contributed by atoms with Crippen molar-refractivity contribution in [2.24, 2.45) is 0 Å². The van der Waals surface area contributed by atoms with E-state index in [9.17, 15) is 9.59 Å². The van der Waals surface area contributed by atoms with Crippen LogP contribution in [0.2, 0.25) is 0 Å². The molecular weight excluding hydrogens is 629 g/mol. The Kier molecular flexibility index (Phi) is 63.7. The Morgan fingerprint density at radius 1 is 0.730 bits per heavy atom. The average Bonchev–Trinajstić information content (AvgIpc) is 2.79. The molecule has 0 fully saturated rings. The van der Waals surface area contributed by atoms with Crippen LogP contribution in [0.25, 0.3) is 0 Å². The van der Waals surface area contributed by atoms with E-state index in [0.29, 0.717) is 6.42 Å². The molecule has 0 aliphatic rings. The number of rotatable bonds is 8. The number of aliphatic carboxylic acids is 1. The number of methoxy groups -OCH3 is 1. The summed E-state index contributed by atoms with van der Waals surface area (Å²) in [5, 5.41) is 8.66. The third kappa shape index (κ3) is 29.4. The molecule has 0 saturated heterocycles. The predicted molar refractivity (Wildman–Crippen MR) is 150 cm³/mol. The van der Waals surface area contributed by atoms with Gasteiger partial charge in [-0.3, -0.25) is 9.59 Å². The van der Waals surface area contributed by atoms with E-state index < -0.39 is 5.97 Å². The summed E-state index contributed by atoms with van der Waals surface area (Å²) in [6.45, 7) is 12.2. The summed E-state index contributed by atoms with van der Waals surface area (Å²) < 4.78 is 4.65. The zero-order valence-corrected chi connectivity index (χ0v) is 32.8. The Balaban J connectivity index is -0.0000000404. The van der Waals surface area contributed by atoms with Crippen LogP contribution >= 0.6 is 0 Å². The minimum absolute atomic E-state index is 0. The third-order valence-corrected chi connectivity index (χ3v) is 4.18. The second-order valence-electron chi connectivity index (χ2n) is 6.36. The molecule has 0 atom stereocenters. The van der Waals surface area contributed by atoms with Gasteiger partial charge in [0.25, 0.3) is 0 Å². The van der Waals surface area contributed by atoms with E-state index in [2.05, 4.69) is 24.7 Å². The Morgan fingerprint density at radius 2 is 1.03 bits per heavy atom. The largest absolute Gasteiger partial charge is 1.00 e. The zero-order valence-electron chi connectivity index (χ0n) is 25.1. The number of carbonyl (C=O) groups excluding carboxylic acids is 1. The van der Waals surface area contributed by atoms with Crippen LogP contribution in [-0.2, 0) is 105 Å². The van der Waals surface area contributed by atoms with Gasteiger partial charge in [-0.05, 0) is 35.1 Å². The molecule has 0 unspecified atom stereocenters. The zero-order chi connectivity index (χ0) is 24.1. The molecule has 5 nitrogen and oxygen atoms in total. The van der Waals surface area contributed by atoms with E-state index >= 15 is 0 Å². The molecule has 37 heavy (non-hydrogen) atoms. The van der Waals surface area contributed by atoms with E-state index in [0.717, 1.165) is 42.4 Å². The summed E-state index contributed by atoms with van der Waals surface area (Å²) in [6.07, 6.45) is 4.65. The molecule has 0 saturated carbocycles. The van der Waals surface area contributed by atoms with E-state index in [-0.39, 0.29) is 131 Å². The first kappa shape index (κ1) is 57.4. The number of esters is 1. The Hall–Kier alpha value is 0.548. The van der Waals surface area contributed by atoms with Crippen molar-refractivity contribution in [2.45, 2.75) is 80.1 Å². The fourth-order valence-electron chi connectivity index (χ4n) is 2.88. The summed E-state index contributed by atoms with van der Waals surface area (Å²) in [6, 6.07) is 15.8. The summed E-state index contributed by atoms with van der Waals surface area (Å²) in [5.41, 5.74) is 4.44. The first-order valence-electron chi connectivity index (χ1n) is 11.4. The smallest absolute Gasteiger partial charge is 0.870 e. The van der Waals surface area contributed by atoms with Crippen molar-refractivity contribution in [3.63, 3.8) is 0 Å². The van der Waals surface area contributed by atoms with Gasteiger partial charge in [0.1, 0.15) is 0 Å². The standard InChI is InChI=1S/C12H16O2.C11H14O2.2C2H6.2CH3.Na.H2O.2Y.2H2/c1-3-6-10-7-4-5-8-11(10)9-12(13)14-2;1-2-5-9-6-3-4-7-10(9)8-11(12)13;2*1-2;;;;;;;;/h4-5,7-8H,3,6,9H2,1-2H3;3-4,6-7H,2,5,8H2,1H3,(H,12,13);2*1-2H3;2*1H3;;1H2;;;2*1H/q;;;;2*-1;+1;;;;;/p-1/i;;;;;;;;;;2*1+1. The van der Waals surface area contributed by atoms with Crippen molar-refractivity contribution in [2.75, 3.05) is 7.11 Å². The van der Waals surface area contributed by atoms with Gasteiger partial charge in [-0.1, -0.05) is 103 Å². The van der Waals surface area contributed by atoms with E-state index in [1.54, 1.807) is 0 Å². The van der Waals surface area contributed by atoms with Crippen molar-refractivity contribution in [1.82, 2.24) is 0 Å². The van der Waals surface area contributed by atoms with Crippen LogP contribution in [0.15, 0.2) is 48.5 Å². The topological polar surface area (TPSA) is 93.6 Å². The number of carboxylic acids is 1. The van der Waals surface area contributed by atoms with Crippen LogP contribution in [-0.4, -0.2) is 29.6 Å². The van der Waals surface area contributed by atoms with Gasteiger partial charge in [-0.2, -0.15) is 0 Å². The molecule has 2 rings (SSSR count). The Bertz CT molecular complexity index is 755. The van der Waals surface area contributed by atoms with Crippen LogP contribution < -0.4 is 29.6 Å². The quantitative estimate of drug-likeness (QED) is 0.243. The summed E-state index contributed by atoms with van der Waals surface area (Å²) >= 11 is 0. The van der Waals surface area contributed by atoms with Gasteiger partial charge in [0.05, 0.1) is 20.0 Å². The summed E-state index contributed by atoms with van der Waals surface area (Å²) in [5.74, 6) is -0.933. The maximum Gasteiger partial charge on any atom is 1.00 e. The van der Waals surface area contributed by atoms with Gasteiger partial charge in [0.15, 0.2) is 0 Å². The maximum absolute atomic E-state index is 11.1. The van der Waals surface area contributed by atoms with Crippen molar-refractivity contribution < 1.29 is 123 Å². The van der Waals surface area contributed by atoms with Gasteiger partial charge in [-0.25, -0.2) is 0 Å². The van der Waals surface area contributed by atoms with Gasteiger partial charge >= 0.3 is 41.5 Å². The summed E-state index contributed by atoms with van der Waals surface area (Å²) in [4.78, 5) is 21.6. The van der Waals surface area contributed by atoms with Gasteiger partial charge in [0, 0.05) is 68.3 Å². The molecule has 2 aromatic rings. The monoisotopic (exact) mass is 684 g/mol. The Morgan fingerprint density at radius 3 is 1.30 bits per heavy atom. The second-order valence-corrected chi connectivity index (χ2v) is 6.36. The van der Waals surface area contributed by atoms with Crippen LogP contribution in [0.3, 0.4) is 0 Å². The third-order valence-electron chi connectivity index (χ3n) is 4.18. The fourth-order valence-corrected chi connectivity index (χ4v) is 2.88.